The molecule has 0 aromatic heterocycles. The van der Waals surface area contributed by atoms with Crippen LogP contribution < -0.4 is 0 Å². The fourth-order valence-corrected chi connectivity index (χ4v) is 1.68. The van der Waals surface area contributed by atoms with Gasteiger partial charge in [0, 0.05) is 0 Å². The summed E-state index contributed by atoms with van der Waals surface area (Å²) in [4.78, 5) is 0. The van der Waals surface area contributed by atoms with Crippen LogP contribution in [0.3, 0.4) is 0 Å². The van der Waals surface area contributed by atoms with Gasteiger partial charge in [0.1, 0.15) is 18.3 Å². The summed E-state index contributed by atoms with van der Waals surface area (Å²) in [6.07, 6.45) is -4.25. The lowest BCUT2D eigenvalue weighted by Gasteiger charge is -2.40. The third-order valence-electron chi connectivity index (χ3n) is 2.66. The molecule has 16 heavy (non-hydrogen) atoms. The van der Waals surface area contributed by atoms with Crippen molar-refractivity contribution in [3.05, 3.63) is 0 Å². The van der Waals surface area contributed by atoms with Crippen molar-refractivity contribution < 1.29 is 24.8 Å². The summed E-state index contributed by atoms with van der Waals surface area (Å²) in [5.74, 6) is 0.319. The highest BCUT2D eigenvalue weighted by Crippen LogP contribution is 2.24. The van der Waals surface area contributed by atoms with Crippen molar-refractivity contribution in [1.82, 2.24) is 0 Å². The Kier molecular flexibility index (Phi) is 5.14. The molecule has 0 aliphatic carbocycles. The molecule has 3 N–H and O–H groups in total. The highest BCUT2D eigenvalue weighted by atomic mass is 16.7. The average molecular weight is 234 g/mol. The molecule has 0 bridgehead atoms. The molecule has 1 saturated heterocycles. The van der Waals surface area contributed by atoms with Crippen LogP contribution in [0.2, 0.25) is 0 Å². The van der Waals surface area contributed by atoms with E-state index in [-0.39, 0.29) is 0 Å². The van der Waals surface area contributed by atoms with Crippen LogP contribution in [-0.4, -0.2) is 52.6 Å². The van der Waals surface area contributed by atoms with E-state index in [1.807, 2.05) is 20.8 Å². The maximum atomic E-state index is 9.67. The topological polar surface area (TPSA) is 79.2 Å². The molecule has 1 aliphatic heterocycles. The summed E-state index contributed by atoms with van der Waals surface area (Å²) in [5.41, 5.74) is 0. The molecule has 5 nitrogen and oxygen atoms in total. The molecule has 0 radical (unpaired) electrons. The summed E-state index contributed by atoms with van der Waals surface area (Å²) in [6.45, 7) is 6.26. The number of ether oxygens (including phenoxy) is 2. The Labute approximate surface area is 96.0 Å². The predicted molar refractivity (Wildman–Crippen MR) is 57.8 cm³/mol. The first-order chi connectivity index (χ1) is 7.47. The van der Waals surface area contributed by atoms with Crippen LogP contribution in [0.15, 0.2) is 0 Å². The van der Waals surface area contributed by atoms with Crippen molar-refractivity contribution in [3.8, 4) is 0 Å². The van der Waals surface area contributed by atoms with Crippen molar-refractivity contribution in [2.45, 2.75) is 57.9 Å². The van der Waals surface area contributed by atoms with E-state index in [0.29, 0.717) is 18.9 Å². The molecule has 0 aromatic rings. The number of aliphatic hydroxyl groups is 3. The Morgan fingerprint density at radius 2 is 1.75 bits per heavy atom. The van der Waals surface area contributed by atoms with Gasteiger partial charge in [-0.1, -0.05) is 20.8 Å². The van der Waals surface area contributed by atoms with Crippen LogP contribution in [0.25, 0.3) is 0 Å². The van der Waals surface area contributed by atoms with Gasteiger partial charge in [-0.15, -0.1) is 0 Å². The summed E-state index contributed by atoms with van der Waals surface area (Å²) in [6, 6.07) is 0. The van der Waals surface area contributed by atoms with E-state index in [1.165, 1.54) is 0 Å². The van der Waals surface area contributed by atoms with Crippen LogP contribution in [0.5, 0.6) is 0 Å². The lowest BCUT2D eigenvalue weighted by molar-refractivity contribution is -0.298. The minimum absolute atomic E-state index is 0.319. The van der Waals surface area contributed by atoms with Gasteiger partial charge in [-0.2, -0.15) is 0 Å². The first-order valence-electron chi connectivity index (χ1n) is 5.78. The quantitative estimate of drug-likeness (QED) is 0.632. The fraction of sp³-hybridized carbons (Fsp3) is 1.00. The van der Waals surface area contributed by atoms with Crippen molar-refractivity contribution in [3.63, 3.8) is 0 Å². The van der Waals surface area contributed by atoms with Crippen molar-refractivity contribution >= 4 is 0 Å². The summed E-state index contributed by atoms with van der Waals surface area (Å²) in [7, 11) is 0. The molecule has 5 heteroatoms. The normalized spacial score (nSPS) is 40.3. The summed E-state index contributed by atoms with van der Waals surface area (Å²) < 4.78 is 10.8. The number of rotatable bonds is 4. The van der Waals surface area contributed by atoms with E-state index >= 15 is 0 Å². The van der Waals surface area contributed by atoms with Crippen LogP contribution in [0.1, 0.15) is 27.2 Å². The van der Waals surface area contributed by atoms with E-state index in [9.17, 15) is 15.3 Å². The van der Waals surface area contributed by atoms with Crippen molar-refractivity contribution in [1.29, 1.82) is 0 Å². The van der Waals surface area contributed by atoms with Gasteiger partial charge >= 0.3 is 0 Å². The maximum absolute atomic E-state index is 9.67. The molecule has 1 aliphatic rings. The molecule has 96 valence electrons. The second-order valence-corrected chi connectivity index (χ2v) is 4.65. The number of aliphatic hydroxyl groups excluding tert-OH is 3. The maximum Gasteiger partial charge on any atom is 0.186 e. The predicted octanol–water partition coefficient (Wildman–Crippen LogP) is -0.123. The smallest absolute Gasteiger partial charge is 0.186 e. The molecular formula is C11H22O5. The zero-order valence-electron chi connectivity index (χ0n) is 10.0. The molecule has 1 fully saturated rings. The van der Waals surface area contributed by atoms with Crippen molar-refractivity contribution in [2.24, 2.45) is 5.92 Å². The Hall–Kier alpha value is -0.200. The first kappa shape index (κ1) is 13.9. The molecule has 0 unspecified atom stereocenters. The third kappa shape index (κ3) is 3.15. The van der Waals surface area contributed by atoms with E-state index in [2.05, 4.69) is 0 Å². The monoisotopic (exact) mass is 234 g/mol. The zero-order valence-corrected chi connectivity index (χ0v) is 10.0. The molecule has 1 heterocycles. The average Bonchev–Trinajstić information content (AvgIpc) is 2.25. The Morgan fingerprint density at radius 1 is 1.12 bits per heavy atom. The zero-order chi connectivity index (χ0) is 12.3. The largest absolute Gasteiger partial charge is 0.388 e. The molecule has 5 atom stereocenters. The SMILES string of the molecule is CC[C@H]1O[C@@H](OCC(C)C)[C@H](O)[C@@H](O)[C@H]1O. The Morgan fingerprint density at radius 3 is 2.25 bits per heavy atom. The van der Waals surface area contributed by atoms with E-state index in [1.54, 1.807) is 0 Å². The van der Waals surface area contributed by atoms with E-state index in [0.717, 1.165) is 0 Å². The van der Waals surface area contributed by atoms with E-state index < -0.39 is 30.7 Å². The van der Waals surface area contributed by atoms with Gasteiger partial charge in [0.05, 0.1) is 12.7 Å². The van der Waals surface area contributed by atoms with Crippen LogP contribution >= 0.6 is 0 Å². The second kappa shape index (κ2) is 5.93. The minimum Gasteiger partial charge on any atom is -0.388 e. The van der Waals surface area contributed by atoms with Gasteiger partial charge in [0.15, 0.2) is 6.29 Å². The van der Waals surface area contributed by atoms with Gasteiger partial charge in [0.2, 0.25) is 0 Å². The molecule has 0 spiro atoms. The van der Waals surface area contributed by atoms with Crippen LogP contribution in [0, 0.1) is 5.92 Å². The fourth-order valence-electron chi connectivity index (χ4n) is 1.68. The van der Waals surface area contributed by atoms with Gasteiger partial charge in [-0.25, -0.2) is 0 Å². The molecule has 0 aromatic carbocycles. The standard InChI is InChI=1S/C11H22O5/c1-4-7-8(12)9(13)10(14)11(16-7)15-5-6(2)3/h6-14H,4-5H2,1-3H3/t7-,8+,9+,10-,11-/m1/s1. The highest BCUT2D eigenvalue weighted by molar-refractivity contribution is 4.88. The lowest BCUT2D eigenvalue weighted by atomic mass is 9.97. The van der Waals surface area contributed by atoms with E-state index in [4.69, 9.17) is 9.47 Å². The van der Waals surface area contributed by atoms with Crippen LogP contribution in [-0.2, 0) is 9.47 Å². The van der Waals surface area contributed by atoms with Crippen LogP contribution in [0.4, 0.5) is 0 Å². The minimum atomic E-state index is -1.21. The Balaban J connectivity index is 2.56. The van der Waals surface area contributed by atoms with Crippen molar-refractivity contribution in [2.75, 3.05) is 6.61 Å². The second-order valence-electron chi connectivity index (χ2n) is 4.65. The van der Waals surface area contributed by atoms with Gasteiger partial charge in [-0.05, 0) is 12.3 Å². The highest BCUT2D eigenvalue weighted by Gasteiger charge is 2.43. The number of hydrogen-bond donors (Lipinski definition) is 3. The third-order valence-corrected chi connectivity index (χ3v) is 2.66. The molecular weight excluding hydrogens is 212 g/mol. The molecule has 1 rings (SSSR count). The molecule has 0 amide bonds. The summed E-state index contributed by atoms with van der Waals surface area (Å²) in [5, 5.41) is 28.9. The lowest BCUT2D eigenvalue weighted by Crippen LogP contribution is -2.58. The first-order valence-corrected chi connectivity index (χ1v) is 5.78. The van der Waals surface area contributed by atoms with Gasteiger partial charge in [-0.3, -0.25) is 0 Å². The van der Waals surface area contributed by atoms with Gasteiger partial charge < -0.3 is 24.8 Å². The summed E-state index contributed by atoms with van der Waals surface area (Å²) >= 11 is 0. The van der Waals surface area contributed by atoms with Gasteiger partial charge in [0.25, 0.3) is 0 Å². The Bertz CT molecular complexity index is 207. The number of hydrogen-bond acceptors (Lipinski definition) is 5. The molecule has 0 saturated carbocycles.